The summed E-state index contributed by atoms with van der Waals surface area (Å²) in [4.78, 5) is 36.2. The molecule has 3 unspecified atom stereocenters. The van der Waals surface area contributed by atoms with E-state index in [1.54, 1.807) is 18.5 Å². The van der Waals surface area contributed by atoms with Gasteiger partial charge in [0, 0.05) is 30.5 Å². The average Bonchev–Trinajstić information content (AvgIpc) is 3.60. The second-order valence-electron chi connectivity index (χ2n) is 8.44. The Morgan fingerprint density at radius 2 is 1.84 bits per heavy atom. The summed E-state index contributed by atoms with van der Waals surface area (Å²) < 4.78 is 5.18. The fraction of sp³-hybridized carbons (Fsp3) is 0.385. The lowest BCUT2D eigenvalue weighted by Crippen LogP contribution is -2.40. The molecule has 6 heteroatoms. The lowest BCUT2D eigenvalue weighted by atomic mass is 10.0. The number of amides is 1. The maximum atomic E-state index is 13.6. The lowest BCUT2D eigenvalue weighted by Gasteiger charge is -2.30. The molecule has 3 aromatic rings. The summed E-state index contributed by atoms with van der Waals surface area (Å²) in [6.45, 7) is 4.84. The standard InChI is InChI=1S/C26H29N3O3/c1-3-32-26(31)22-15-21(22)17-29(18(2)9-10-19-7-5-4-6-8-19)25(30)20-11-12-23-24(16-20)28-14-13-27-23/h4-8,11-14,16,18,21-22H,3,9-10,15,17H2,1-2H3. The number of ether oxygens (including phenoxy) is 1. The summed E-state index contributed by atoms with van der Waals surface area (Å²) >= 11 is 0. The number of esters is 1. The van der Waals surface area contributed by atoms with Gasteiger partial charge in [-0.2, -0.15) is 0 Å². The van der Waals surface area contributed by atoms with E-state index >= 15 is 0 Å². The summed E-state index contributed by atoms with van der Waals surface area (Å²) in [6, 6.07) is 15.8. The van der Waals surface area contributed by atoms with E-state index in [0.29, 0.717) is 24.2 Å². The van der Waals surface area contributed by atoms with Gasteiger partial charge in [0.05, 0.1) is 23.6 Å². The summed E-state index contributed by atoms with van der Waals surface area (Å²) in [5.74, 6) is -0.137. The van der Waals surface area contributed by atoms with E-state index in [4.69, 9.17) is 4.74 Å². The topological polar surface area (TPSA) is 72.4 Å². The molecule has 6 nitrogen and oxygen atoms in total. The van der Waals surface area contributed by atoms with Gasteiger partial charge in [0.2, 0.25) is 0 Å². The third-order valence-corrected chi connectivity index (χ3v) is 6.15. The zero-order valence-corrected chi connectivity index (χ0v) is 18.6. The van der Waals surface area contributed by atoms with E-state index < -0.39 is 0 Å². The molecule has 0 bridgehead atoms. The normalized spacial score (nSPS) is 18.2. The monoisotopic (exact) mass is 431 g/mol. The van der Waals surface area contributed by atoms with Crippen molar-refractivity contribution in [3.63, 3.8) is 0 Å². The smallest absolute Gasteiger partial charge is 0.309 e. The third-order valence-electron chi connectivity index (χ3n) is 6.15. The molecule has 0 N–H and O–H groups in total. The van der Waals surface area contributed by atoms with Crippen LogP contribution in [0.15, 0.2) is 60.9 Å². The van der Waals surface area contributed by atoms with Gasteiger partial charge in [-0.3, -0.25) is 19.6 Å². The first-order valence-electron chi connectivity index (χ1n) is 11.3. The second kappa shape index (κ2) is 9.90. The van der Waals surface area contributed by atoms with Crippen molar-refractivity contribution in [1.82, 2.24) is 14.9 Å². The van der Waals surface area contributed by atoms with Crippen molar-refractivity contribution in [1.29, 1.82) is 0 Å². The van der Waals surface area contributed by atoms with Gasteiger partial charge in [0.25, 0.3) is 5.91 Å². The zero-order valence-electron chi connectivity index (χ0n) is 18.6. The van der Waals surface area contributed by atoms with Crippen LogP contribution in [0, 0.1) is 11.8 Å². The van der Waals surface area contributed by atoms with E-state index in [-0.39, 0.29) is 29.8 Å². The van der Waals surface area contributed by atoms with E-state index in [2.05, 4.69) is 29.0 Å². The van der Waals surface area contributed by atoms with Crippen LogP contribution < -0.4 is 0 Å². The predicted molar refractivity (Wildman–Crippen MR) is 123 cm³/mol. The van der Waals surface area contributed by atoms with E-state index in [9.17, 15) is 9.59 Å². The molecule has 1 aromatic heterocycles. The van der Waals surface area contributed by atoms with Crippen molar-refractivity contribution in [2.45, 2.75) is 39.2 Å². The van der Waals surface area contributed by atoms with Gasteiger partial charge in [-0.05, 0) is 62.8 Å². The number of hydrogen-bond donors (Lipinski definition) is 0. The van der Waals surface area contributed by atoms with Crippen LogP contribution in [0.1, 0.15) is 42.6 Å². The number of benzene rings is 2. The van der Waals surface area contributed by atoms with Gasteiger partial charge in [-0.25, -0.2) is 0 Å². The lowest BCUT2D eigenvalue weighted by molar-refractivity contribution is -0.145. The van der Waals surface area contributed by atoms with Crippen molar-refractivity contribution in [3.8, 4) is 0 Å². The van der Waals surface area contributed by atoms with Crippen LogP contribution >= 0.6 is 0 Å². The number of aromatic nitrogens is 2. The van der Waals surface area contributed by atoms with Crippen LogP contribution in [-0.4, -0.2) is 45.9 Å². The Hall–Kier alpha value is -3.28. The highest BCUT2D eigenvalue weighted by Crippen LogP contribution is 2.40. The molecule has 1 amide bonds. The minimum absolute atomic E-state index is 0.0312. The van der Waals surface area contributed by atoms with Gasteiger partial charge in [0.1, 0.15) is 0 Å². The van der Waals surface area contributed by atoms with Crippen molar-refractivity contribution >= 4 is 22.9 Å². The first kappa shape index (κ1) is 21.9. The molecule has 0 spiro atoms. The van der Waals surface area contributed by atoms with Crippen LogP contribution in [0.2, 0.25) is 0 Å². The van der Waals surface area contributed by atoms with Crippen molar-refractivity contribution in [3.05, 3.63) is 72.1 Å². The van der Waals surface area contributed by atoms with Crippen LogP contribution in [0.3, 0.4) is 0 Å². The number of carbonyl (C=O) groups excluding carboxylic acids is 2. The number of hydrogen-bond acceptors (Lipinski definition) is 5. The highest BCUT2D eigenvalue weighted by molar-refractivity contribution is 5.97. The molecule has 0 saturated heterocycles. The maximum absolute atomic E-state index is 13.6. The Bertz CT molecular complexity index is 1090. The molecule has 1 fully saturated rings. The predicted octanol–water partition coefficient (Wildman–Crippen LogP) is 4.29. The fourth-order valence-electron chi connectivity index (χ4n) is 4.14. The first-order chi connectivity index (χ1) is 15.6. The molecular formula is C26H29N3O3. The molecule has 0 aliphatic heterocycles. The molecule has 1 heterocycles. The Kier molecular flexibility index (Phi) is 6.78. The summed E-state index contributed by atoms with van der Waals surface area (Å²) in [5, 5.41) is 0. The fourth-order valence-corrected chi connectivity index (χ4v) is 4.14. The van der Waals surface area contributed by atoms with Gasteiger partial charge in [0.15, 0.2) is 0 Å². The molecule has 1 saturated carbocycles. The minimum atomic E-state index is -0.150. The van der Waals surface area contributed by atoms with E-state index in [0.717, 1.165) is 24.8 Å². The van der Waals surface area contributed by atoms with Crippen LogP contribution in [0.25, 0.3) is 11.0 Å². The van der Waals surface area contributed by atoms with E-state index in [1.807, 2.05) is 42.2 Å². The molecule has 1 aliphatic rings. The molecular weight excluding hydrogens is 402 g/mol. The SMILES string of the molecule is CCOC(=O)C1CC1CN(C(=O)c1ccc2nccnc2c1)C(C)CCc1ccccc1. The van der Waals surface area contributed by atoms with Gasteiger partial charge < -0.3 is 9.64 Å². The molecule has 1 aliphatic carbocycles. The summed E-state index contributed by atoms with van der Waals surface area (Å²) in [5.41, 5.74) is 3.31. The minimum Gasteiger partial charge on any atom is -0.466 e. The first-order valence-corrected chi connectivity index (χ1v) is 11.3. The zero-order chi connectivity index (χ0) is 22.5. The van der Waals surface area contributed by atoms with Crippen LogP contribution in [0.5, 0.6) is 0 Å². The molecule has 4 rings (SSSR count). The van der Waals surface area contributed by atoms with Crippen molar-refractivity contribution < 1.29 is 14.3 Å². The number of rotatable bonds is 9. The Morgan fingerprint density at radius 3 is 2.59 bits per heavy atom. The highest BCUT2D eigenvalue weighted by Gasteiger charge is 2.46. The number of nitrogens with zero attached hydrogens (tertiary/aromatic N) is 3. The van der Waals surface area contributed by atoms with Crippen molar-refractivity contribution in [2.75, 3.05) is 13.2 Å². The van der Waals surface area contributed by atoms with E-state index in [1.165, 1.54) is 5.56 Å². The van der Waals surface area contributed by atoms with Crippen LogP contribution in [0.4, 0.5) is 0 Å². The van der Waals surface area contributed by atoms with Gasteiger partial charge >= 0.3 is 5.97 Å². The molecule has 3 atom stereocenters. The second-order valence-corrected chi connectivity index (χ2v) is 8.44. The Balaban J connectivity index is 1.51. The maximum Gasteiger partial charge on any atom is 0.309 e. The average molecular weight is 432 g/mol. The van der Waals surface area contributed by atoms with Crippen molar-refractivity contribution in [2.24, 2.45) is 11.8 Å². The quantitative estimate of drug-likeness (QED) is 0.473. The Labute approximate surface area is 188 Å². The number of carbonyl (C=O) groups is 2. The molecule has 166 valence electrons. The molecule has 0 radical (unpaired) electrons. The summed E-state index contributed by atoms with van der Waals surface area (Å²) in [6.07, 6.45) is 5.79. The van der Waals surface area contributed by atoms with Gasteiger partial charge in [-0.15, -0.1) is 0 Å². The Morgan fingerprint density at radius 1 is 1.09 bits per heavy atom. The number of aryl methyl sites for hydroxylation is 1. The van der Waals surface area contributed by atoms with Crippen LogP contribution in [-0.2, 0) is 16.0 Å². The third kappa shape index (κ3) is 5.13. The summed E-state index contributed by atoms with van der Waals surface area (Å²) in [7, 11) is 0. The highest BCUT2D eigenvalue weighted by atomic mass is 16.5. The number of fused-ring (bicyclic) bond motifs is 1. The molecule has 2 aromatic carbocycles. The molecule has 32 heavy (non-hydrogen) atoms. The van der Waals surface area contributed by atoms with Gasteiger partial charge in [-0.1, -0.05) is 30.3 Å². The largest absolute Gasteiger partial charge is 0.466 e.